The van der Waals surface area contributed by atoms with Gasteiger partial charge in [0.25, 0.3) is 0 Å². The molecule has 0 saturated carbocycles. The highest BCUT2D eigenvalue weighted by Crippen LogP contribution is 2.15. The van der Waals surface area contributed by atoms with Crippen molar-refractivity contribution in [3.05, 3.63) is 0 Å². The molecule has 0 atom stereocenters. The number of rotatable bonds is 26. The molecule has 0 aliphatic heterocycles. The van der Waals surface area contributed by atoms with Gasteiger partial charge in [0.2, 0.25) is 0 Å². The fourth-order valence-electron chi connectivity index (χ4n) is 4.39. The molecule has 0 fully saturated rings. The van der Waals surface area contributed by atoms with Gasteiger partial charge >= 0.3 is 0 Å². The molecule has 0 spiro atoms. The molecule has 1 nitrogen and oxygen atoms in total. The molecule has 0 heterocycles. The minimum absolute atomic E-state index is 0.985. The molecule has 0 aromatic rings. The van der Waals surface area contributed by atoms with E-state index >= 15 is 0 Å². The zero-order valence-electron chi connectivity index (χ0n) is 20.5. The molecule has 0 aliphatic carbocycles. The third kappa shape index (κ3) is 27.7. The monoisotopic (exact) mass is 407 g/mol. The molecule has 0 saturated heterocycles. The Morgan fingerprint density at radius 1 is 0.345 bits per heavy atom. The summed E-state index contributed by atoms with van der Waals surface area (Å²) in [5.41, 5.74) is 0. The second-order valence-electron chi connectivity index (χ2n) is 9.48. The van der Waals surface area contributed by atoms with E-state index < -0.39 is 0 Å². The van der Waals surface area contributed by atoms with Crippen molar-refractivity contribution in [1.82, 2.24) is 0 Å². The lowest BCUT2D eigenvalue weighted by molar-refractivity contribution is 0.516. The van der Waals surface area contributed by atoms with E-state index in [9.17, 15) is 0 Å². The van der Waals surface area contributed by atoms with Crippen LogP contribution in [-0.4, -0.2) is 6.21 Å². The van der Waals surface area contributed by atoms with Crippen molar-refractivity contribution in [2.45, 2.75) is 174 Å². The SMILES string of the molecule is CCCCCCCCCCCCCCCCCCCCCCCCCCCC=N. The Morgan fingerprint density at radius 2 is 0.552 bits per heavy atom. The third-order valence-corrected chi connectivity index (χ3v) is 6.45. The van der Waals surface area contributed by atoms with Crippen molar-refractivity contribution in [3.8, 4) is 0 Å². The second-order valence-corrected chi connectivity index (χ2v) is 9.48. The Kier molecular flexibility index (Phi) is 27.4. The van der Waals surface area contributed by atoms with Crippen molar-refractivity contribution in [2.75, 3.05) is 0 Å². The summed E-state index contributed by atoms with van der Waals surface area (Å²) in [6, 6.07) is 0. The summed E-state index contributed by atoms with van der Waals surface area (Å²) in [7, 11) is 0. The average Bonchev–Trinajstić information content (AvgIpc) is 2.74. The molecule has 0 aromatic carbocycles. The van der Waals surface area contributed by atoms with Crippen LogP contribution in [0.2, 0.25) is 0 Å². The van der Waals surface area contributed by atoms with Crippen LogP contribution >= 0.6 is 0 Å². The van der Waals surface area contributed by atoms with Gasteiger partial charge in [-0.3, -0.25) is 0 Å². The minimum Gasteiger partial charge on any atom is -0.313 e. The number of nitrogens with one attached hydrogen (secondary N) is 1. The maximum Gasteiger partial charge on any atom is -0.00477 e. The van der Waals surface area contributed by atoms with Gasteiger partial charge in [0.05, 0.1) is 0 Å². The first-order valence-electron chi connectivity index (χ1n) is 13.9. The zero-order chi connectivity index (χ0) is 21.1. The summed E-state index contributed by atoms with van der Waals surface area (Å²) in [6.45, 7) is 2.30. The van der Waals surface area contributed by atoms with Crippen molar-refractivity contribution in [1.29, 1.82) is 5.41 Å². The molecule has 174 valence electrons. The van der Waals surface area contributed by atoms with E-state index in [0.29, 0.717) is 0 Å². The lowest BCUT2D eigenvalue weighted by Gasteiger charge is -2.04. The topological polar surface area (TPSA) is 23.9 Å². The summed E-state index contributed by atoms with van der Waals surface area (Å²) >= 11 is 0. The summed E-state index contributed by atoms with van der Waals surface area (Å²) in [6.07, 6.45) is 38.7. The van der Waals surface area contributed by atoms with Gasteiger partial charge in [-0.25, -0.2) is 0 Å². The van der Waals surface area contributed by atoms with Crippen LogP contribution in [0.5, 0.6) is 0 Å². The van der Waals surface area contributed by atoms with Crippen LogP contribution in [-0.2, 0) is 0 Å². The molecule has 0 bridgehead atoms. The second kappa shape index (κ2) is 27.7. The molecule has 1 heteroatoms. The first-order valence-corrected chi connectivity index (χ1v) is 13.9. The van der Waals surface area contributed by atoms with Gasteiger partial charge in [0.1, 0.15) is 0 Å². The first-order chi connectivity index (χ1) is 14.4. The van der Waals surface area contributed by atoms with E-state index in [2.05, 4.69) is 6.92 Å². The van der Waals surface area contributed by atoms with Gasteiger partial charge in [-0.2, -0.15) is 0 Å². The summed E-state index contributed by atoms with van der Waals surface area (Å²) < 4.78 is 0. The summed E-state index contributed by atoms with van der Waals surface area (Å²) in [5, 5.41) is 7.01. The molecule has 0 aliphatic rings. The Morgan fingerprint density at radius 3 is 0.759 bits per heavy atom. The van der Waals surface area contributed by atoms with E-state index in [-0.39, 0.29) is 0 Å². The fourth-order valence-corrected chi connectivity index (χ4v) is 4.39. The van der Waals surface area contributed by atoms with E-state index in [4.69, 9.17) is 5.41 Å². The van der Waals surface area contributed by atoms with Gasteiger partial charge < -0.3 is 5.41 Å². The van der Waals surface area contributed by atoms with E-state index in [1.807, 2.05) is 0 Å². The van der Waals surface area contributed by atoms with E-state index in [1.54, 1.807) is 6.21 Å². The summed E-state index contributed by atoms with van der Waals surface area (Å²) in [5.74, 6) is 0. The Hall–Kier alpha value is -0.330. The largest absolute Gasteiger partial charge is 0.313 e. The summed E-state index contributed by atoms with van der Waals surface area (Å²) in [4.78, 5) is 0. The molecule has 0 radical (unpaired) electrons. The average molecular weight is 408 g/mol. The van der Waals surface area contributed by atoms with Gasteiger partial charge in [-0.1, -0.05) is 161 Å². The fraction of sp³-hybridized carbons (Fsp3) is 0.964. The predicted octanol–water partition coefficient (Wildman–Crippen LogP) is 10.8. The van der Waals surface area contributed by atoms with Crippen LogP contribution in [0, 0.1) is 5.41 Å². The standard InChI is InChI=1S/C28H57N/c1-2-3-4-5-6-7-8-9-10-11-12-13-14-15-16-17-18-19-20-21-22-23-24-25-26-27-28-29/h28-29H,2-27H2,1H3. The highest BCUT2D eigenvalue weighted by molar-refractivity contribution is 5.52. The molecular formula is C28H57N. The van der Waals surface area contributed by atoms with Crippen molar-refractivity contribution >= 4 is 6.21 Å². The Labute approximate surface area is 185 Å². The Balaban J connectivity index is 2.97. The molecule has 1 N–H and O–H groups in total. The predicted molar refractivity (Wildman–Crippen MR) is 134 cm³/mol. The zero-order valence-corrected chi connectivity index (χ0v) is 20.5. The highest BCUT2D eigenvalue weighted by Gasteiger charge is 1.96. The number of hydrogen-bond donors (Lipinski definition) is 1. The van der Waals surface area contributed by atoms with Crippen molar-refractivity contribution in [2.24, 2.45) is 0 Å². The van der Waals surface area contributed by atoms with Crippen molar-refractivity contribution in [3.63, 3.8) is 0 Å². The first kappa shape index (κ1) is 28.7. The molecule has 29 heavy (non-hydrogen) atoms. The van der Waals surface area contributed by atoms with E-state index in [0.717, 1.165) is 6.42 Å². The third-order valence-electron chi connectivity index (χ3n) is 6.45. The minimum atomic E-state index is 0.985. The molecule has 0 rings (SSSR count). The van der Waals surface area contributed by atoms with E-state index in [1.165, 1.54) is 161 Å². The van der Waals surface area contributed by atoms with Gasteiger partial charge in [-0.15, -0.1) is 0 Å². The maximum absolute atomic E-state index is 7.01. The molecular weight excluding hydrogens is 350 g/mol. The van der Waals surface area contributed by atoms with Crippen LogP contribution in [0.15, 0.2) is 0 Å². The van der Waals surface area contributed by atoms with Crippen LogP contribution in [0.3, 0.4) is 0 Å². The van der Waals surface area contributed by atoms with Crippen LogP contribution in [0.25, 0.3) is 0 Å². The lowest BCUT2D eigenvalue weighted by atomic mass is 10.0. The molecule has 0 aromatic heterocycles. The Bertz CT molecular complexity index is 286. The highest BCUT2D eigenvalue weighted by atomic mass is 14.3. The lowest BCUT2D eigenvalue weighted by Crippen LogP contribution is -1.84. The van der Waals surface area contributed by atoms with Crippen LogP contribution < -0.4 is 0 Å². The smallest absolute Gasteiger partial charge is 0.00477 e. The maximum atomic E-state index is 7.01. The quantitative estimate of drug-likeness (QED) is 0.109. The molecule has 0 amide bonds. The van der Waals surface area contributed by atoms with Gasteiger partial charge in [0.15, 0.2) is 0 Å². The normalized spacial score (nSPS) is 11.2. The van der Waals surface area contributed by atoms with Crippen LogP contribution in [0.1, 0.15) is 174 Å². The van der Waals surface area contributed by atoms with Gasteiger partial charge in [-0.05, 0) is 19.1 Å². The number of hydrogen-bond acceptors (Lipinski definition) is 1. The number of unbranched alkanes of at least 4 members (excludes halogenated alkanes) is 25. The molecule has 0 unspecified atom stereocenters. The van der Waals surface area contributed by atoms with Crippen LogP contribution in [0.4, 0.5) is 0 Å². The van der Waals surface area contributed by atoms with Crippen molar-refractivity contribution < 1.29 is 0 Å². The van der Waals surface area contributed by atoms with Gasteiger partial charge in [0, 0.05) is 0 Å².